The molecule has 1 aliphatic heterocycles. The summed E-state index contributed by atoms with van der Waals surface area (Å²) in [5, 5.41) is 14.6. The van der Waals surface area contributed by atoms with Crippen molar-refractivity contribution < 1.29 is 4.84 Å². The van der Waals surface area contributed by atoms with E-state index in [1.54, 1.807) is 12.4 Å². The van der Waals surface area contributed by atoms with Gasteiger partial charge in [-0.2, -0.15) is 10.2 Å². The molecule has 1 aliphatic rings. The zero-order valence-electron chi connectivity index (χ0n) is 6.64. The zero-order chi connectivity index (χ0) is 8.39. The van der Waals surface area contributed by atoms with Crippen molar-refractivity contribution in [3.63, 3.8) is 0 Å². The van der Waals surface area contributed by atoms with Gasteiger partial charge in [0.2, 0.25) is 0 Å². The second kappa shape index (κ2) is 2.90. The van der Waals surface area contributed by atoms with Gasteiger partial charge in [-0.15, -0.1) is 4.80 Å². The summed E-state index contributed by atoms with van der Waals surface area (Å²) in [6, 6.07) is 0. The van der Waals surface area contributed by atoms with Crippen LogP contribution in [-0.4, -0.2) is 34.1 Å². The van der Waals surface area contributed by atoms with Crippen LogP contribution in [0.5, 0.6) is 0 Å². The maximum absolute atomic E-state index is 5.01. The van der Waals surface area contributed by atoms with Gasteiger partial charge < -0.3 is 4.84 Å². The molecular weight excluding hydrogens is 158 g/mol. The van der Waals surface area contributed by atoms with Gasteiger partial charge in [0.25, 0.3) is 0 Å². The zero-order valence-corrected chi connectivity index (χ0v) is 6.64. The fraction of sp³-hybridized carbons (Fsp3) is 0.500. The summed E-state index contributed by atoms with van der Waals surface area (Å²) in [5.41, 5.74) is 0. The average Bonchev–Trinajstić information content (AvgIpc) is 2.75. The highest BCUT2D eigenvalue weighted by molar-refractivity contribution is 5.83. The first-order valence-electron chi connectivity index (χ1n) is 3.67. The van der Waals surface area contributed by atoms with Crippen LogP contribution in [0.3, 0.4) is 0 Å². The van der Waals surface area contributed by atoms with E-state index in [1.165, 1.54) is 4.80 Å². The number of hydrogen-bond acceptors (Lipinski definition) is 5. The van der Waals surface area contributed by atoms with E-state index >= 15 is 0 Å². The standard InChI is InChI=1S/C6H9N5O/c1-7-6-4-5(10-12-6)11-8-2-3-9-11/h2-3,6-7H,4H2,1H3. The predicted octanol–water partition coefficient (Wildman–Crippen LogP) is -0.595. The normalized spacial score (nSPS) is 22.1. The average molecular weight is 167 g/mol. The number of hydrogen-bond donors (Lipinski definition) is 1. The Morgan fingerprint density at radius 2 is 2.33 bits per heavy atom. The number of nitrogens with zero attached hydrogens (tertiary/aromatic N) is 4. The van der Waals surface area contributed by atoms with Crippen LogP contribution < -0.4 is 5.32 Å². The molecule has 0 radical (unpaired) electrons. The van der Waals surface area contributed by atoms with Gasteiger partial charge in [-0.1, -0.05) is 5.16 Å². The molecule has 6 heteroatoms. The van der Waals surface area contributed by atoms with Gasteiger partial charge in [-0.25, -0.2) is 0 Å². The van der Waals surface area contributed by atoms with Crippen molar-refractivity contribution in [3.05, 3.63) is 12.4 Å². The third-order valence-corrected chi connectivity index (χ3v) is 1.62. The third-order valence-electron chi connectivity index (χ3n) is 1.62. The second-order valence-electron chi connectivity index (χ2n) is 2.41. The Morgan fingerprint density at radius 1 is 1.58 bits per heavy atom. The Bertz CT molecular complexity index is 280. The lowest BCUT2D eigenvalue weighted by Crippen LogP contribution is -2.26. The molecule has 0 saturated heterocycles. The maximum Gasteiger partial charge on any atom is 0.195 e. The molecule has 0 spiro atoms. The SMILES string of the molecule is CNC1CC(n2nccn2)=NO1. The van der Waals surface area contributed by atoms with Crippen LogP contribution in [0.2, 0.25) is 0 Å². The molecule has 64 valence electrons. The predicted molar refractivity (Wildman–Crippen MR) is 41.4 cm³/mol. The van der Waals surface area contributed by atoms with Gasteiger partial charge in [-0.05, 0) is 7.05 Å². The molecule has 1 unspecified atom stereocenters. The van der Waals surface area contributed by atoms with Crippen LogP contribution in [0.1, 0.15) is 6.42 Å². The highest BCUT2D eigenvalue weighted by Crippen LogP contribution is 2.06. The fourth-order valence-electron chi connectivity index (χ4n) is 0.987. The summed E-state index contributed by atoms with van der Waals surface area (Å²) in [5.74, 6) is 0.722. The van der Waals surface area contributed by atoms with Crippen LogP contribution in [0.15, 0.2) is 17.5 Å². The van der Waals surface area contributed by atoms with Crippen molar-refractivity contribution >= 4 is 5.84 Å². The smallest absolute Gasteiger partial charge is 0.195 e. The molecule has 2 heterocycles. The second-order valence-corrected chi connectivity index (χ2v) is 2.41. The van der Waals surface area contributed by atoms with Gasteiger partial charge in [0.05, 0.1) is 18.8 Å². The third kappa shape index (κ3) is 1.16. The maximum atomic E-state index is 5.01. The molecule has 0 bridgehead atoms. The van der Waals surface area contributed by atoms with Gasteiger partial charge in [0.1, 0.15) is 0 Å². The minimum Gasteiger partial charge on any atom is -0.374 e. The topological polar surface area (TPSA) is 64.3 Å². The van der Waals surface area contributed by atoms with E-state index in [0.717, 1.165) is 5.84 Å². The van der Waals surface area contributed by atoms with E-state index in [0.29, 0.717) is 6.42 Å². The first kappa shape index (κ1) is 7.23. The van der Waals surface area contributed by atoms with Crippen molar-refractivity contribution in [1.29, 1.82) is 0 Å². The van der Waals surface area contributed by atoms with E-state index in [2.05, 4.69) is 20.7 Å². The van der Waals surface area contributed by atoms with Crippen LogP contribution in [0.25, 0.3) is 0 Å². The number of aromatic nitrogens is 3. The van der Waals surface area contributed by atoms with Crippen molar-refractivity contribution in [2.24, 2.45) is 5.16 Å². The lowest BCUT2D eigenvalue weighted by atomic mass is 10.4. The quantitative estimate of drug-likeness (QED) is 0.607. The Balaban J connectivity index is 2.09. The molecule has 12 heavy (non-hydrogen) atoms. The molecule has 6 nitrogen and oxygen atoms in total. The molecule has 0 saturated carbocycles. The summed E-state index contributed by atoms with van der Waals surface area (Å²) in [6.45, 7) is 0. The Labute approximate surface area is 69.2 Å². The fourth-order valence-corrected chi connectivity index (χ4v) is 0.987. The van der Waals surface area contributed by atoms with Crippen LogP contribution >= 0.6 is 0 Å². The van der Waals surface area contributed by atoms with E-state index < -0.39 is 0 Å². The van der Waals surface area contributed by atoms with E-state index in [-0.39, 0.29) is 6.23 Å². The Hall–Kier alpha value is -1.43. The van der Waals surface area contributed by atoms with Gasteiger partial charge in [-0.3, -0.25) is 5.32 Å². The largest absolute Gasteiger partial charge is 0.374 e. The monoisotopic (exact) mass is 167 g/mol. The highest BCUT2D eigenvalue weighted by atomic mass is 16.7. The van der Waals surface area contributed by atoms with E-state index in [9.17, 15) is 0 Å². The van der Waals surface area contributed by atoms with Crippen molar-refractivity contribution in [2.75, 3.05) is 7.05 Å². The van der Waals surface area contributed by atoms with E-state index in [4.69, 9.17) is 4.84 Å². The lowest BCUT2D eigenvalue weighted by molar-refractivity contribution is 0.0661. The van der Waals surface area contributed by atoms with Gasteiger partial charge in [0.15, 0.2) is 12.1 Å². The molecule has 1 aromatic rings. The molecule has 1 atom stereocenters. The molecule has 2 rings (SSSR count). The summed E-state index contributed by atoms with van der Waals surface area (Å²) in [4.78, 5) is 6.47. The molecule has 1 aromatic heterocycles. The van der Waals surface area contributed by atoms with Crippen molar-refractivity contribution in [3.8, 4) is 0 Å². The summed E-state index contributed by atoms with van der Waals surface area (Å²) in [6.07, 6.45) is 3.85. The first-order chi connectivity index (χ1) is 5.90. The van der Waals surface area contributed by atoms with Crippen LogP contribution in [-0.2, 0) is 4.84 Å². The number of oxime groups is 1. The van der Waals surface area contributed by atoms with Crippen molar-refractivity contribution in [2.45, 2.75) is 12.6 Å². The summed E-state index contributed by atoms with van der Waals surface area (Å²) < 4.78 is 0. The molecule has 1 N–H and O–H groups in total. The van der Waals surface area contributed by atoms with Crippen LogP contribution in [0, 0.1) is 0 Å². The Morgan fingerprint density at radius 3 is 2.92 bits per heavy atom. The molecular formula is C6H9N5O. The molecule has 0 aromatic carbocycles. The lowest BCUT2D eigenvalue weighted by Gasteiger charge is -2.03. The Kier molecular flexibility index (Phi) is 1.75. The number of nitrogens with one attached hydrogen (secondary N) is 1. The van der Waals surface area contributed by atoms with Gasteiger partial charge in [0, 0.05) is 0 Å². The van der Waals surface area contributed by atoms with E-state index in [1.807, 2.05) is 7.05 Å². The minimum atomic E-state index is -0.0500. The molecule has 0 amide bonds. The first-order valence-corrected chi connectivity index (χ1v) is 3.67. The molecule has 0 fully saturated rings. The summed E-state index contributed by atoms with van der Waals surface area (Å²) in [7, 11) is 1.82. The van der Waals surface area contributed by atoms with Crippen molar-refractivity contribution in [1.82, 2.24) is 20.3 Å². The molecule has 0 aliphatic carbocycles. The van der Waals surface area contributed by atoms with Gasteiger partial charge >= 0.3 is 0 Å². The highest BCUT2D eigenvalue weighted by Gasteiger charge is 2.21. The number of rotatable bonds is 1. The minimum absolute atomic E-state index is 0.0500. The van der Waals surface area contributed by atoms with Crippen LogP contribution in [0.4, 0.5) is 0 Å². The summed E-state index contributed by atoms with van der Waals surface area (Å²) >= 11 is 0.